The van der Waals surface area contributed by atoms with Crippen LogP contribution in [0.4, 0.5) is 0 Å². The highest BCUT2D eigenvalue weighted by Crippen LogP contribution is 2.77. The number of fused-ring (bicyclic) bond motifs is 7. The van der Waals surface area contributed by atoms with Crippen LogP contribution in [0.2, 0.25) is 0 Å². The molecule has 0 spiro atoms. The Morgan fingerprint density at radius 2 is 1.60 bits per heavy atom. The van der Waals surface area contributed by atoms with Gasteiger partial charge in [0.25, 0.3) is 0 Å². The van der Waals surface area contributed by atoms with Crippen molar-refractivity contribution >= 4 is 5.97 Å². The lowest BCUT2D eigenvalue weighted by Gasteiger charge is -2.73. The normalized spacial score (nSPS) is 48.4. The molecular weight excluding hydrogens is 518 g/mol. The molecule has 0 aromatic heterocycles. The average Bonchev–Trinajstić information content (AvgIpc) is 3.32. The quantitative estimate of drug-likeness (QED) is 0.253. The van der Waals surface area contributed by atoms with Crippen molar-refractivity contribution in [2.45, 2.75) is 138 Å². The van der Waals surface area contributed by atoms with Crippen molar-refractivity contribution in [2.24, 2.45) is 56.7 Å². The minimum atomic E-state index is -0.161. The van der Waals surface area contributed by atoms with E-state index in [0.29, 0.717) is 52.6 Å². The van der Waals surface area contributed by atoms with Crippen molar-refractivity contribution < 1.29 is 14.6 Å². The van der Waals surface area contributed by atoms with E-state index >= 15 is 0 Å². The summed E-state index contributed by atoms with van der Waals surface area (Å²) < 4.78 is 5.99. The third-order valence-corrected chi connectivity index (χ3v) is 15.9. The molecule has 0 aromatic rings. The number of carbonyl (C=O) groups excluding carboxylic acids is 1. The van der Waals surface area contributed by atoms with E-state index in [0.717, 1.165) is 37.8 Å². The number of carbonyl (C=O) groups is 1. The summed E-state index contributed by atoms with van der Waals surface area (Å²) in [6.45, 7) is 22.8. The Bertz CT molecular complexity index is 1050. The fraction of sp³-hybridized carbons (Fsp3) is 0.921. The summed E-state index contributed by atoms with van der Waals surface area (Å²) in [5.41, 5.74) is 2.69. The molecule has 0 unspecified atom stereocenters. The third-order valence-electron chi connectivity index (χ3n) is 15.9. The molecule has 0 bridgehead atoms. The fourth-order valence-corrected chi connectivity index (χ4v) is 13.4. The van der Waals surface area contributed by atoms with Crippen LogP contribution in [-0.4, -0.2) is 48.3 Å². The van der Waals surface area contributed by atoms with Gasteiger partial charge in [0.05, 0.1) is 19.3 Å². The molecule has 1 aliphatic heterocycles. The predicted octanol–water partition coefficient (Wildman–Crippen LogP) is 8.42. The molecular formula is C38H63NO3. The highest BCUT2D eigenvalue weighted by atomic mass is 16.5. The predicted molar refractivity (Wildman–Crippen MR) is 171 cm³/mol. The maximum atomic E-state index is 12.8. The molecule has 1 N–H and O–H groups in total. The van der Waals surface area contributed by atoms with Crippen molar-refractivity contribution in [3.05, 3.63) is 12.2 Å². The van der Waals surface area contributed by atoms with E-state index in [2.05, 4.69) is 53.0 Å². The molecule has 0 amide bonds. The van der Waals surface area contributed by atoms with Crippen LogP contribution in [0, 0.1) is 56.7 Å². The first kappa shape index (κ1) is 31.1. The second-order valence-electron chi connectivity index (χ2n) is 17.7. The van der Waals surface area contributed by atoms with E-state index in [9.17, 15) is 9.90 Å². The number of likely N-dealkylation sites (tertiary alicyclic amines) is 1. The number of piperidine rings is 1. The molecule has 1 heterocycles. The second-order valence-corrected chi connectivity index (χ2v) is 17.7. The van der Waals surface area contributed by atoms with Gasteiger partial charge in [-0.15, -0.1) is 0 Å². The van der Waals surface area contributed by atoms with E-state index in [4.69, 9.17) is 4.74 Å². The van der Waals surface area contributed by atoms with Gasteiger partial charge in [-0.05, 0) is 160 Å². The summed E-state index contributed by atoms with van der Waals surface area (Å²) in [5.74, 6) is 3.34. The van der Waals surface area contributed by atoms with E-state index in [1.54, 1.807) is 0 Å². The zero-order valence-electron chi connectivity index (χ0n) is 28.1. The van der Waals surface area contributed by atoms with Crippen LogP contribution < -0.4 is 0 Å². The first-order valence-electron chi connectivity index (χ1n) is 18.0. The molecule has 238 valence electrons. The smallest absolute Gasteiger partial charge is 0.320 e. The van der Waals surface area contributed by atoms with Crippen LogP contribution in [0.3, 0.4) is 0 Å². The van der Waals surface area contributed by atoms with Crippen LogP contribution in [-0.2, 0) is 9.53 Å². The van der Waals surface area contributed by atoms with Gasteiger partial charge in [-0.2, -0.15) is 0 Å². The van der Waals surface area contributed by atoms with E-state index in [1.807, 2.05) is 0 Å². The number of aliphatic hydroxyl groups is 1. The maximum absolute atomic E-state index is 12.8. The number of hydrogen-bond acceptors (Lipinski definition) is 4. The van der Waals surface area contributed by atoms with Gasteiger partial charge in [-0.1, -0.05) is 53.2 Å². The number of rotatable bonds is 6. The summed E-state index contributed by atoms with van der Waals surface area (Å²) >= 11 is 0. The molecule has 4 heteroatoms. The van der Waals surface area contributed by atoms with Crippen molar-refractivity contribution in [1.82, 2.24) is 4.90 Å². The van der Waals surface area contributed by atoms with Gasteiger partial charge in [0, 0.05) is 0 Å². The van der Waals surface area contributed by atoms with E-state index < -0.39 is 0 Å². The molecule has 1 saturated heterocycles. The van der Waals surface area contributed by atoms with Crippen LogP contribution in [0.5, 0.6) is 0 Å². The van der Waals surface area contributed by atoms with Crippen LogP contribution in [0.25, 0.3) is 0 Å². The monoisotopic (exact) mass is 581 g/mol. The Balaban J connectivity index is 1.22. The number of aliphatic hydroxyl groups excluding tert-OH is 1. The summed E-state index contributed by atoms with van der Waals surface area (Å²) in [4.78, 5) is 15.1. The van der Waals surface area contributed by atoms with Crippen molar-refractivity contribution in [3.8, 4) is 0 Å². The summed E-state index contributed by atoms with van der Waals surface area (Å²) in [7, 11) is 0. The van der Waals surface area contributed by atoms with Gasteiger partial charge in [0.2, 0.25) is 0 Å². The Labute approximate surface area is 257 Å². The summed E-state index contributed by atoms with van der Waals surface area (Å²) in [6.07, 6.45) is 17.1. The van der Waals surface area contributed by atoms with Gasteiger partial charge in [-0.3, -0.25) is 9.69 Å². The molecule has 6 aliphatic rings. The maximum Gasteiger partial charge on any atom is 0.320 e. The Morgan fingerprint density at radius 1 is 0.857 bits per heavy atom. The Hall–Kier alpha value is -0.870. The highest BCUT2D eigenvalue weighted by Gasteiger charge is 2.70. The number of hydrogen-bond donors (Lipinski definition) is 1. The molecule has 6 rings (SSSR count). The second kappa shape index (κ2) is 10.9. The van der Waals surface area contributed by atoms with Crippen LogP contribution in [0.15, 0.2) is 12.2 Å². The zero-order valence-corrected chi connectivity index (χ0v) is 28.1. The number of nitrogens with zero attached hydrogens (tertiary/aromatic N) is 1. The summed E-state index contributed by atoms with van der Waals surface area (Å²) in [6, 6.07) is 0. The minimum absolute atomic E-state index is 0.00966. The Kier molecular flexibility index (Phi) is 8.07. The number of ether oxygens (including phenoxy) is 1. The molecule has 0 radical (unpaired) electrons. The lowest BCUT2D eigenvalue weighted by molar-refractivity contribution is -0.248. The molecule has 5 saturated carbocycles. The first-order valence-corrected chi connectivity index (χ1v) is 18.0. The van der Waals surface area contributed by atoms with Crippen LogP contribution in [0.1, 0.15) is 131 Å². The molecule has 0 aromatic carbocycles. The van der Waals surface area contributed by atoms with E-state index in [1.165, 1.54) is 82.6 Å². The van der Waals surface area contributed by atoms with Crippen LogP contribution >= 0.6 is 0 Å². The van der Waals surface area contributed by atoms with Gasteiger partial charge in [0.15, 0.2) is 0 Å². The third kappa shape index (κ3) is 4.61. The molecule has 5 aliphatic carbocycles. The molecule has 10 atom stereocenters. The molecule has 6 fully saturated rings. The summed E-state index contributed by atoms with van der Waals surface area (Å²) in [5, 5.41) is 11.0. The van der Waals surface area contributed by atoms with Gasteiger partial charge in [0.1, 0.15) is 0 Å². The number of esters is 1. The van der Waals surface area contributed by atoms with Gasteiger partial charge >= 0.3 is 5.97 Å². The highest BCUT2D eigenvalue weighted by molar-refractivity contribution is 5.71. The Morgan fingerprint density at radius 3 is 2.31 bits per heavy atom. The topological polar surface area (TPSA) is 49.8 Å². The molecule has 42 heavy (non-hydrogen) atoms. The van der Waals surface area contributed by atoms with Crippen molar-refractivity contribution in [1.29, 1.82) is 0 Å². The first-order chi connectivity index (χ1) is 19.8. The lowest BCUT2D eigenvalue weighted by atomic mass is 9.32. The fourth-order valence-electron chi connectivity index (χ4n) is 13.4. The number of allylic oxidation sites excluding steroid dienone is 1. The minimum Gasteiger partial charge on any atom is -0.465 e. The average molecular weight is 582 g/mol. The lowest BCUT2D eigenvalue weighted by Crippen LogP contribution is -2.66. The van der Waals surface area contributed by atoms with Crippen molar-refractivity contribution in [2.75, 3.05) is 26.2 Å². The molecule has 4 nitrogen and oxygen atoms in total. The van der Waals surface area contributed by atoms with E-state index in [-0.39, 0.29) is 17.5 Å². The largest absolute Gasteiger partial charge is 0.465 e. The standard InChI is InChI=1S/C38H63NO3/c1-26(2)27-13-18-38(21-24-42-32(41)25-39-22-9-8-10-23-39)20-19-36(6)28(33(27)38)11-12-30-35(5)16-15-31(40)34(3,4)29(35)14-17-37(30,36)7/h27-31,33,40H,1,8-25H2,2-7H3/t27-,28+,29-,30+,31-,33+,35-,36+,37+,38+/m0/s1. The van der Waals surface area contributed by atoms with Gasteiger partial charge < -0.3 is 9.84 Å². The SMILES string of the molecule is C=C(C)[C@@H]1CC[C@]2(CCOC(=O)CN3CCCCC3)CC[C@]3(C)[C@H](CC[C@@H]4[C@@]5(C)CC[C@H](O)C(C)(C)[C@@H]5CC[C@]43C)[C@@H]12. The van der Waals surface area contributed by atoms with Crippen molar-refractivity contribution in [3.63, 3.8) is 0 Å². The van der Waals surface area contributed by atoms with Gasteiger partial charge in [-0.25, -0.2) is 0 Å². The zero-order chi connectivity index (χ0) is 30.1.